The SMILES string of the molecule is CCC(CC(=O)O)NC(=O)C(C)NC(C)=O. The number of hydrogen-bond donors (Lipinski definition) is 3. The fourth-order valence-electron chi connectivity index (χ4n) is 1.20. The van der Waals surface area contributed by atoms with Gasteiger partial charge in [0.05, 0.1) is 6.42 Å². The molecule has 92 valence electrons. The highest BCUT2D eigenvalue weighted by molar-refractivity contribution is 5.86. The molecule has 0 spiro atoms. The van der Waals surface area contributed by atoms with Crippen LogP contribution in [0.4, 0.5) is 0 Å². The Bertz CT molecular complexity index is 278. The number of carbonyl (C=O) groups excluding carboxylic acids is 2. The van der Waals surface area contributed by atoms with Crippen LogP contribution in [0, 0.1) is 0 Å². The number of nitrogens with one attached hydrogen (secondary N) is 2. The summed E-state index contributed by atoms with van der Waals surface area (Å²) in [4.78, 5) is 32.7. The molecule has 2 unspecified atom stereocenters. The molecule has 0 radical (unpaired) electrons. The summed E-state index contributed by atoms with van der Waals surface area (Å²) in [7, 11) is 0. The zero-order valence-electron chi connectivity index (χ0n) is 9.74. The highest BCUT2D eigenvalue weighted by atomic mass is 16.4. The monoisotopic (exact) mass is 230 g/mol. The molecule has 0 saturated heterocycles. The molecule has 0 aromatic carbocycles. The maximum absolute atomic E-state index is 11.5. The Morgan fingerprint density at radius 2 is 1.81 bits per heavy atom. The maximum atomic E-state index is 11.5. The summed E-state index contributed by atoms with van der Waals surface area (Å²) in [5, 5.41) is 13.6. The number of amides is 2. The van der Waals surface area contributed by atoms with E-state index in [4.69, 9.17) is 5.11 Å². The van der Waals surface area contributed by atoms with E-state index in [1.165, 1.54) is 6.92 Å². The molecular weight excluding hydrogens is 212 g/mol. The number of rotatable bonds is 6. The van der Waals surface area contributed by atoms with Gasteiger partial charge in [0.25, 0.3) is 0 Å². The van der Waals surface area contributed by atoms with E-state index >= 15 is 0 Å². The summed E-state index contributed by atoms with van der Waals surface area (Å²) in [5.41, 5.74) is 0. The average molecular weight is 230 g/mol. The molecule has 0 fully saturated rings. The van der Waals surface area contributed by atoms with Crippen LogP contribution in [0.3, 0.4) is 0 Å². The van der Waals surface area contributed by atoms with Crippen molar-refractivity contribution in [2.24, 2.45) is 0 Å². The van der Waals surface area contributed by atoms with E-state index < -0.39 is 18.1 Å². The van der Waals surface area contributed by atoms with Crippen molar-refractivity contribution in [1.82, 2.24) is 10.6 Å². The van der Waals surface area contributed by atoms with Crippen LogP contribution in [0.1, 0.15) is 33.6 Å². The minimum Gasteiger partial charge on any atom is -0.481 e. The molecule has 2 atom stereocenters. The number of aliphatic carboxylic acids is 1. The highest BCUT2D eigenvalue weighted by Gasteiger charge is 2.18. The summed E-state index contributed by atoms with van der Waals surface area (Å²) in [6.45, 7) is 4.65. The third-order valence-corrected chi connectivity index (χ3v) is 2.07. The minimum atomic E-state index is -0.959. The van der Waals surface area contributed by atoms with Crippen molar-refractivity contribution in [3.63, 3.8) is 0 Å². The van der Waals surface area contributed by atoms with Crippen LogP contribution in [-0.2, 0) is 14.4 Å². The quantitative estimate of drug-likeness (QED) is 0.592. The lowest BCUT2D eigenvalue weighted by atomic mass is 10.1. The van der Waals surface area contributed by atoms with Gasteiger partial charge in [-0.05, 0) is 13.3 Å². The lowest BCUT2D eigenvalue weighted by molar-refractivity contribution is -0.138. The first-order valence-corrected chi connectivity index (χ1v) is 5.16. The summed E-state index contributed by atoms with van der Waals surface area (Å²) >= 11 is 0. The number of carbonyl (C=O) groups is 3. The van der Waals surface area contributed by atoms with Gasteiger partial charge in [-0.2, -0.15) is 0 Å². The molecule has 0 bridgehead atoms. The van der Waals surface area contributed by atoms with Crippen molar-refractivity contribution < 1.29 is 19.5 Å². The third-order valence-electron chi connectivity index (χ3n) is 2.07. The van der Waals surface area contributed by atoms with E-state index in [9.17, 15) is 14.4 Å². The molecule has 0 rings (SSSR count). The molecule has 2 amide bonds. The molecular formula is C10H18N2O4. The molecule has 3 N–H and O–H groups in total. The average Bonchev–Trinajstić information content (AvgIpc) is 2.14. The van der Waals surface area contributed by atoms with Gasteiger partial charge in [0, 0.05) is 13.0 Å². The molecule has 6 heteroatoms. The summed E-state index contributed by atoms with van der Waals surface area (Å²) < 4.78 is 0. The van der Waals surface area contributed by atoms with Crippen LogP contribution in [0.15, 0.2) is 0 Å². The van der Waals surface area contributed by atoms with Gasteiger partial charge >= 0.3 is 5.97 Å². The van der Waals surface area contributed by atoms with Crippen molar-refractivity contribution in [2.75, 3.05) is 0 Å². The molecule has 0 aliphatic rings. The van der Waals surface area contributed by atoms with Gasteiger partial charge in [-0.1, -0.05) is 6.92 Å². The van der Waals surface area contributed by atoms with Gasteiger partial charge in [0.15, 0.2) is 0 Å². The Labute approximate surface area is 94.4 Å². The Hall–Kier alpha value is -1.59. The molecule has 0 saturated carbocycles. The number of carboxylic acid groups (broad SMARTS) is 1. The van der Waals surface area contributed by atoms with Crippen LogP contribution in [0.5, 0.6) is 0 Å². The Morgan fingerprint density at radius 3 is 2.19 bits per heavy atom. The fraction of sp³-hybridized carbons (Fsp3) is 0.700. The third kappa shape index (κ3) is 6.00. The van der Waals surface area contributed by atoms with Crippen LogP contribution in [0.25, 0.3) is 0 Å². The Kier molecular flexibility index (Phi) is 6.14. The van der Waals surface area contributed by atoms with Gasteiger partial charge in [-0.3, -0.25) is 14.4 Å². The fourth-order valence-corrected chi connectivity index (χ4v) is 1.20. The standard InChI is InChI=1S/C10H18N2O4/c1-4-8(5-9(14)15)12-10(16)6(2)11-7(3)13/h6,8H,4-5H2,1-3H3,(H,11,13)(H,12,16)(H,14,15). The predicted molar refractivity (Wildman–Crippen MR) is 57.8 cm³/mol. The van der Waals surface area contributed by atoms with Gasteiger partial charge in [0.1, 0.15) is 6.04 Å². The summed E-state index contributed by atoms with van der Waals surface area (Å²) in [6.07, 6.45) is 0.417. The Balaban J connectivity index is 4.18. The maximum Gasteiger partial charge on any atom is 0.305 e. The van der Waals surface area contributed by atoms with Crippen molar-refractivity contribution in [3.8, 4) is 0 Å². The molecule has 6 nitrogen and oxygen atoms in total. The second-order valence-electron chi connectivity index (χ2n) is 3.63. The van der Waals surface area contributed by atoms with E-state index in [2.05, 4.69) is 10.6 Å². The van der Waals surface area contributed by atoms with Crippen molar-refractivity contribution in [1.29, 1.82) is 0 Å². The molecule has 0 heterocycles. The second-order valence-corrected chi connectivity index (χ2v) is 3.63. The second kappa shape index (κ2) is 6.81. The lowest BCUT2D eigenvalue weighted by Gasteiger charge is -2.18. The number of hydrogen-bond acceptors (Lipinski definition) is 3. The Morgan fingerprint density at radius 1 is 1.25 bits per heavy atom. The van der Waals surface area contributed by atoms with Gasteiger partial charge in [0.2, 0.25) is 11.8 Å². The lowest BCUT2D eigenvalue weighted by Crippen LogP contribution is -2.47. The zero-order valence-corrected chi connectivity index (χ0v) is 9.74. The smallest absolute Gasteiger partial charge is 0.305 e. The van der Waals surface area contributed by atoms with E-state index in [0.29, 0.717) is 6.42 Å². The van der Waals surface area contributed by atoms with Crippen molar-refractivity contribution >= 4 is 17.8 Å². The predicted octanol–water partition coefficient (Wildman–Crippen LogP) is -0.119. The zero-order chi connectivity index (χ0) is 12.7. The van der Waals surface area contributed by atoms with Gasteiger partial charge < -0.3 is 15.7 Å². The molecule has 0 aromatic heterocycles. The normalized spacial score (nSPS) is 13.7. The van der Waals surface area contributed by atoms with E-state index in [1.807, 2.05) is 0 Å². The summed E-state index contributed by atoms with van der Waals surface area (Å²) in [6, 6.07) is -1.05. The van der Waals surface area contributed by atoms with Crippen LogP contribution >= 0.6 is 0 Å². The first-order valence-electron chi connectivity index (χ1n) is 5.16. The van der Waals surface area contributed by atoms with E-state index in [-0.39, 0.29) is 18.2 Å². The van der Waals surface area contributed by atoms with Gasteiger partial charge in [-0.15, -0.1) is 0 Å². The molecule has 16 heavy (non-hydrogen) atoms. The van der Waals surface area contributed by atoms with Crippen molar-refractivity contribution in [3.05, 3.63) is 0 Å². The first kappa shape index (κ1) is 14.4. The molecule has 0 aliphatic carbocycles. The van der Waals surface area contributed by atoms with E-state index in [0.717, 1.165) is 0 Å². The molecule has 0 aromatic rings. The topological polar surface area (TPSA) is 95.5 Å². The largest absolute Gasteiger partial charge is 0.481 e. The summed E-state index contributed by atoms with van der Waals surface area (Å²) in [5.74, 6) is -1.63. The van der Waals surface area contributed by atoms with E-state index in [1.54, 1.807) is 13.8 Å². The first-order chi connectivity index (χ1) is 7.36. The highest BCUT2D eigenvalue weighted by Crippen LogP contribution is 1.98. The van der Waals surface area contributed by atoms with Crippen LogP contribution in [0.2, 0.25) is 0 Å². The van der Waals surface area contributed by atoms with Gasteiger partial charge in [-0.25, -0.2) is 0 Å². The minimum absolute atomic E-state index is 0.116. The number of carboxylic acids is 1. The van der Waals surface area contributed by atoms with Crippen molar-refractivity contribution in [2.45, 2.75) is 45.7 Å². The molecule has 0 aliphatic heterocycles. The van der Waals surface area contributed by atoms with Crippen LogP contribution in [-0.4, -0.2) is 35.0 Å². The van der Waals surface area contributed by atoms with Crippen LogP contribution < -0.4 is 10.6 Å².